The minimum Gasteiger partial charge on any atom is -0.460 e. The summed E-state index contributed by atoms with van der Waals surface area (Å²) in [5.74, 6) is -1.04. The third-order valence-corrected chi connectivity index (χ3v) is 12.4. The maximum absolute atomic E-state index is 13.4. The van der Waals surface area contributed by atoms with E-state index in [0.717, 1.165) is 6.42 Å². The Morgan fingerprint density at radius 3 is 1.53 bits per heavy atom. The molecule has 12 nitrogen and oxygen atoms in total. The number of carbonyl (C=O) groups excluding carboxylic acids is 4. The molecule has 0 saturated heterocycles. The van der Waals surface area contributed by atoms with Gasteiger partial charge in [-0.25, -0.2) is 19.2 Å². The number of esters is 2. The molecule has 332 valence electrons. The first-order valence-corrected chi connectivity index (χ1v) is 20.6. The molecule has 0 radical (unpaired) electrons. The van der Waals surface area contributed by atoms with Crippen LogP contribution in [0.5, 0.6) is 0 Å². The lowest BCUT2D eigenvalue weighted by molar-refractivity contribution is -0.145. The molecule has 57 heavy (non-hydrogen) atoms. The zero-order valence-electron chi connectivity index (χ0n) is 39.2. The van der Waals surface area contributed by atoms with Crippen LogP contribution in [0.1, 0.15) is 144 Å². The van der Waals surface area contributed by atoms with Crippen molar-refractivity contribution in [3.63, 3.8) is 0 Å². The number of hydrogen-bond donors (Lipinski definition) is 5. The summed E-state index contributed by atoms with van der Waals surface area (Å²) in [6, 6.07) is -0.745. The van der Waals surface area contributed by atoms with Gasteiger partial charge in [0.2, 0.25) is 0 Å². The molecule has 0 spiro atoms. The fraction of sp³-hybridized carbons (Fsp3) is 0.822. The van der Waals surface area contributed by atoms with Gasteiger partial charge in [0.15, 0.2) is 0 Å². The molecule has 6 unspecified atom stereocenters. The average molecular weight is 809 g/mol. The van der Waals surface area contributed by atoms with E-state index < -0.39 is 51.9 Å². The number of rotatable bonds is 22. The summed E-state index contributed by atoms with van der Waals surface area (Å²) >= 11 is 0. The van der Waals surface area contributed by atoms with Gasteiger partial charge in [-0.3, -0.25) is 0 Å². The van der Waals surface area contributed by atoms with Gasteiger partial charge in [-0.15, -0.1) is 0 Å². The summed E-state index contributed by atoms with van der Waals surface area (Å²) in [5, 5.41) is 21.0. The summed E-state index contributed by atoms with van der Waals surface area (Å²) < 4.78 is 16.4. The predicted octanol–water partition coefficient (Wildman–Crippen LogP) is 8.32. The highest BCUT2D eigenvalue weighted by Gasteiger charge is 2.54. The minimum absolute atomic E-state index is 0.0118. The fourth-order valence-corrected chi connectivity index (χ4v) is 7.45. The fourth-order valence-electron chi connectivity index (χ4n) is 7.45. The third-order valence-electron chi connectivity index (χ3n) is 12.4. The Balaban J connectivity index is 6.40. The zero-order chi connectivity index (χ0) is 45.1. The SMILES string of the molecule is C=C(C)C(=O)OCCNC(=O)NC(CC(C)(C)C(C)C(N)CC(C)(C)C)C(C)C(C)(C)CC(O)C(C)(C)C(C)(C)C(OC(=O)NCCOC(=O)C(=C)C)C(C)(C)C. The van der Waals surface area contributed by atoms with Crippen molar-refractivity contribution in [2.75, 3.05) is 26.3 Å². The van der Waals surface area contributed by atoms with Crippen LogP contribution in [-0.2, 0) is 23.8 Å². The number of nitrogens with two attached hydrogens (primary N) is 1. The number of carbonyl (C=O) groups is 4. The highest BCUT2D eigenvalue weighted by atomic mass is 16.6. The number of alkyl carbamates (subject to hydrolysis) is 1. The molecule has 0 aliphatic carbocycles. The van der Waals surface area contributed by atoms with E-state index in [-0.39, 0.29) is 78.2 Å². The number of ether oxygens (including phenoxy) is 3. The molecule has 0 aliphatic heterocycles. The van der Waals surface area contributed by atoms with E-state index in [1.165, 1.54) is 0 Å². The highest BCUT2D eigenvalue weighted by Crippen LogP contribution is 2.53. The van der Waals surface area contributed by atoms with Crippen LogP contribution in [0.3, 0.4) is 0 Å². The van der Waals surface area contributed by atoms with Crippen LogP contribution in [0.2, 0.25) is 0 Å². The van der Waals surface area contributed by atoms with Gasteiger partial charge in [0.05, 0.1) is 19.2 Å². The van der Waals surface area contributed by atoms with E-state index in [4.69, 9.17) is 19.9 Å². The van der Waals surface area contributed by atoms with Crippen molar-refractivity contribution in [2.45, 2.75) is 168 Å². The molecular formula is C45H84N4O8. The molecule has 0 aromatic rings. The van der Waals surface area contributed by atoms with E-state index in [1.807, 2.05) is 48.5 Å². The van der Waals surface area contributed by atoms with Gasteiger partial charge >= 0.3 is 24.1 Å². The average Bonchev–Trinajstić information content (AvgIpc) is 3.04. The Morgan fingerprint density at radius 1 is 0.667 bits per heavy atom. The quantitative estimate of drug-likeness (QED) is 0.0311. The molecule has 6 atom stereocenters. The maximum atomic E-state index is 13.4. The monoisotopic (exact) mass is 809 g/mol. The standard InChI is InChI=1S/C45H84N4O8/c1-28(2)35(51)55-23-21-47-38(53)49-33(26-42(13,14)30(5)32(46)25-40(7,8)9)31(6)43(15,16)27-34(50)44(17,18)45(19,20)37(41(10,11)12)57-39(54)48-22-24-56-36(52)29(3)4/h30-34,37,50H,1,3,21-27,46H2,2,4-20H3,(H,48,54)(H2,47,49,53). The Hall–Kier alpha value is -3.12. The van der Waals surface area contributed by atoms with E-state index in [1.54, 1.807) is 13.8 Å². The first-order chi connectivity index (χ1) is 25.5. The molecule has 3 amide bonds. The Labute approximate surface area is 346 Å². The maximum Gasteiger partial charge on any atom is 0.407 e. The first-order valence-electron chi connectivity index (χ1n) is 20.6. The normalized spacial score (nSPS) is 16.2. The van der Waals surface area contributed by atoms with Gasteiger partial charge in [-0.1, -0.05) is 124 Å². The number of nitrogens with one attached hydrogen (secondary N) is 3. The second-order valence-electron chi connectivity index (χ2n) is 21.3. The summed E-state index contributed by atoms with van der Waals surface area (Å²) in [7, 11) is 0. The van der Waals surface area contributed by atoms with Crippen molar-refractivity contribution >= 4 is 24.1 Å². The summed E-state index contributed by atoms with van der Waals surface area (Å²) in [6.45, 7) is 43.9. The molecule has 12 heteroatoms. The highest BCUT2D eigenvalue weighted by molar-refractivity contribution is 5.87. The lowest BCUT2D eigenvalue weighted by Gasteiger charge is -2.53. The van der Waals surface area contributed by atoms with Crippen LogP contribution in [0.25, 0.3) is 0 Å². The van der Waals surface area contributed by atoms with Crippen molar-refractivity contribution in [1.82, 2.24) is 16.0 Å². The van der Waals surface area contributed by atoms with Gasteiger partial charge in [0.25, 0.3) is 0 Å². The van der Waals surface area contributed by atoms with Crippen LogP contribution in [0.4, 0.5) is 9.59 Å². The Kier molecular flexibility index (Phi) is 20.1. The largest absolute Gasteiger partial charge is 0.460 e. The smallest absolute Gasteiger partial charge is 0.407 e. The second-order valence-corrected chi connectivity index (χ2v) is 21.3. The van der Waals surface area contributed by atoms with E-state index >= 15 is 0 Å². The third kappa shape index (κ3) is 17.3. The predicted molar refractivity (Wildman–Crippen MR) is 230 cm³/mol. The molecule has 0 aromatic heterocycles. The first kappa shape index (κ1) is 53.9. The molecular weight excluding hydrogens is 725 g/mol. The summed E-state index contributed by atoms with van der Waals surface area (Å²) in [4.78, 5) is 50.1. The second kappa shape index (κ2) is 21.2. The van der Waals surface area contributed by atoms with Gasteiger partial charge < -0.3 is 41.0 Å². The molecule has 0 rings (SSSR count). The van der Waals surface area contributed by atoms with Crippen LogP contribution >= 0.6 is 0 Å². The van der Waals surface area contributed by atoms with Crippen molar-refractivity contribution in [3.05, 3.63) is 24.3 Å². The molecule has 0 aromatic carbocycles. The molecule has 6 N–H and O–H groups in total. The van der Waals surface area contributed by atoms with Gasteiger partial charge in [0, 0.05) is 28.6 Å². The lowest BCUT2D eigenvalue weighted by atomic mass is 9.55. The molecule has 0 saturated carbocycles. The minimum atomic E-state index is -0.840. The molecule has 0 heterocycles. The summed E-state index contributed by atoms with van der Waals surface area (Å²) in [6.07, 6.45) is -0.246. The van der Waals surface area contributed by atoms with Crippen molar-refractivity contribution in [2.24, 2.45) is 50.1 Å². The van der Waals surface area contributed by atoms with Crippen LogP contribution in [0.15, 0.2) is 24.3 Å². The lowest BCUT2D eigenvalue weighted by Crippen LogP contribution is -2.57. The zero-order valence-corrected chi connectivity index (χ0v) is 39.2. The van der Waals surface area contributed by atoms with Gasteiger partial charge in [0.1, 0.15) is 19.3 Å². The number of urea groups is 1. The van der Waals surface area contributed by atoms with Crippen LogP contribution in [0, 0.1) is 44.3 Å². The van der Waals surface area contributed by atoms with E-state index in [0.29, 0.717) is 12.8 Å². The number of aliphatic hydroxyl groups excluding tert-OH is 1. The Bertz CT molecular complexity index is 1370. The van der Waals surface area contributed by atoms with E-state index in [9.17, 15) is 24.3 Å². The van der Waals surface area contributed by atoms with Crippen molar-refractivity contribution in [3.8, 4) is 0 Å². The van der Waals surface area contributed by atoms with Crippen LogP contribution < -0.4 is 21.7 Å². The van der Waals surface area contributed by atoms with Crippen molar-refractivity contribution < 1.29 is 38.5 Å². The Morgan fingerprint density at radius 2 is 1.11 bits per heavy atom. The van der Waals surface area contributed by atoms with E-state index in [2.05, 4.69) is 91.4 Å². The molecule has 0 fully saturated rings. The van der Waals surface area contributed by atoms with Gasteiger partial charge in [-0.2, -0.15) is 0 Å². The van der Waals surface area contributed by atoms with Gasteiger partial charge in [-0.05, 0) is 72.0 Å². The molecule has 0 bridgehead atoms. The topological polar surface area (TPSA) is 178 Å². The summed E-state index contributed by atoms with van der Waals surface area (Å²) in [5.41, 5.74) is 4.65. The van der Waals surface area contributed by atoms with Crippen molar-refractivity contribution in [1.29, 1.82) is 0 Å². The number of amides is 3. The van der Waals surface area contributed by atoms with Crippen LogP contribution in [-0.4, -0.2) is 79.8 Å². The number of hydrogen-bond acceptors (Lipinski definition) is 9. The molecule has 0 aliphatic rings. The number of aliphatic hydroxyl groups is 1.